The third-order valence-electron chi connectivity index (χ3n) is 4.22. The molecule has 0 atom stereocenters. The Bertz CT molecular complexity index is 1160. The van der Waals surface area contributed by atoms with Gasteiger partial charge in [-0.05, 0) is 58.0 Å². The number of hydrogen-bond acceptors (Lipinski definition) is 6. The highest BCUT2D eigenvalue weighted by atomic mass is 32.2. The van der Waals surface area contributed by atoms with Crippen molar-refractivity contribution in [1.82, 2.24) is 4.31 Å². The first kappa shape index (κ1) is 25.9. The van der Waals surface area contributed by atoms with E-state index in [2.05, 4.69) is 10.6 Å². The average molecular weight is 480 g/mol. The van der Waals surface area contributed by atoms with E-state index >= 15 is 0 Å². The van der Waals surface area contributed by atoms with Crippen LogP contribution in [0.2, 0.25) is 0 Å². The number of Topliss-reactive ketones (excluding diaryl/α,β-unsaturated/α-hetero) is 1. The number of ketones is 1. The number of amides is 2. The molecule has 0 aromatic heterocycles. The van der Waals surface area contributed by atoms with Crippen LogP contribution in [0.4, 0.5) is 20.6 Å². The minimum atomic E-state index is -3.99. The molecule has 0 saturated carbocycles. The molecule has 2 amide bonds. The van der Waals surface area contributed by atoms with Gasteiger partial charge < -0.3 is 10.1 Å². The Balaban J connectivity index is 2.07. The molecule has 0 spiro atoms. The molecule has 178 valence electrons. The highest BCUT2D eigenvalue weighted by Crippen LogP contribution is 2.21. The maximum absolute atomic E-state index is 14.0. The second kappa shape index (κ2) is 10.1. The molecule has 2 aromatic rings. The van der Waals surface area contributed by atoms with Gasteiger partial charge >= 0.3 is 6.09 Å². The van der Waals surface area contributed by atoms with E-state index in [1.165, 1.54) is 50.4 Å². The summed E-state index contributed by atoms with van der Waals surface area (Å²) in [5.41, 5.74) is -0.492. The number of benzene rings is 2. The average Bonchev–Trinajstić information content (AvgIpc) is 2.69. The Labute approximate surface area is 192 Å². The van der Waals surface area contributed by atoms with Crippen molar-refractivity contribution in [1.29, 1.82) is 0 Å². The number of likely N-dealkylation sites (N-methyl/N-ethyl adjacent to an activating group) is 1. The fourth-order valence-electron chi connectivity index (χ4n) is 2.64. The molecule has 11 heteroatoms. The number of halogens is 1. The second-order valence-corrected chi connectivity index (χ2v) is 10.3. The smallest absolute Gasteiger partial charge is 0.412 e. The molecule has 2 N–H and O–H groups in total. The van der Waals surface area contributed by atoms with E-state index < -0.39 is 40.0 Å². The summed E-state index contributed by atoms with van der Waals surface area (Å²) in [6.07, 6.45) is -0.869. The largest absolute Gasteiger partial charge is 0.444 e. The topological polar surface area (TPSA) is 122 Å². The van der Waals surface area contributed by atoms with Gasteiger partial charge in [0.15, 0.2) is 5.78 Å². The van der Waals surface area contributed by atoms with E-state index in [-0.39, 0.29) is 22.1 Å². The van der Waals surface area contributed by atoms with Crippen LogP contribution in [0.3, 0.4) is 0 Å². The summed E-state index contributed by atoms with van der Waals surface area (Å²) >= 11 is 0. The fraction of sp³-hybridized carbons (Fsp3) is 0.318. The van der Waals surface area contributed by atoms with Gasteiger partial charge in [-0.2, -0.15) is 4.31 Å². The van der Waals surface area contributed by atoms with Crippen LogP contribution in [-0.4, -0.2) is 49.7 Å². The predicted octanol–water partition coefficient (Wildman–Crippen LogP) is 3.63. The normalized spacial score (nSPS) is 11.7. The lowest BCUT2D eigenvalue weighted by molar-refractivity contribution is -0.116. The number of nitrogens with one attached hydrogen (secondary N) is 2. The molecule has 0 bridgehead atoms. The van der Waals surface area contributed by atoms with Crippen molar-refractivity contribution in [2.45, 2.75) is 38.2 Å². The molecule has 0 aliphatic carbocycles. The van der Waals surface area contributed by atoms with Gasteiger partial charge in [0.05, 0.1) is 17.1 Å². The number of nitrogens with zero attached hydrogens (tertiary/aromatic N) is 1. The Morgan fingerprint density at radius 1 is 1.03 bits per heavy atom. The van der Waals surface area contributed by atoms with Crippen molar-refractivity contribution < 1.29 is 31.9 Å². The lowest BCUT2D eigenvalue weighted by Crippen LogP contribution is -2.35. The molecule has 2 aromatic carbocycles. The van der Waals surface area contributed by atoms with E-state index in [0.29, 0.717) is 5.56 Å². The standard InChI is InChI=1S/C22H26FN3O6S/c1-14(27)15-6-9-17(10-7-15)33(30,31)26(5)13-20(28)24-16-8-11-18(23)19(12-16)25-21(29)32-22(2,3)4/h6-12H,13H2,1-5H3,(H,24,28)(H,25,29). The monoisotopic (exact) mass is 479 g/mol. The first-order valence-corrected chi connectivity index (χ1v) is 11.3. The van der Waals surface area contributed by atoms with Gasteiger partial charge in [0.1, 0.15) is 11.4 Å². The number of carbonyl (C=O) groups is 3. The number of ether oxygens (including phenoxy) is 1. The van der Waals surface area contributed by atoms with Crippen molar-refractivity contribution in [3.05, 3.63) is 53.8 Å². The molecule has 0 radical (unpaired) electrons. The zero-order chi connectivity index (χ0) is 25.0. The highest BCUT2D eigenvalue weighted by Gasteiger charge is 2.23. The molecule has 33 heavy (non-hydrogen) atoms. The van der Waals surface area contributed by atoms with Crippen molar-refractivity contribution >= 4 is 39.2 Å². The van der Waals surface area contributed by atoms with Crippen LogP contribution in [-0.2, 0) is 19.6 Å². The van der Waals surface area contributed by atoms with Crippen molar-refractivity contribution in [2.24, 2.45) is 0 Å². The van der Waals surface area contributed by atoms with Gasteiger partial charge in [-0.15, -0.1) is 0 Å². The summed E-state index contributed by atoms with van der Waals surface area (Å²) in [5.74, 6) is -1.63. The van der Waals surface area contributed by atoms with E-state index in [9.17, 15) is 27.2 Å². The Hall–Kier alpha value is -3.31. The van der Waals surface area contributed by atoms with Crippen molar-refractivity contribution in [2.75, 3.05) is 24.2 Å². The Kier molecular flexibility index (Phi) is 7.93. The van der Waals surface area contributed by atoms with E-state index in [4.69, 9.17) is 4.74 Å². The van der Waals surface area contributed by atoms with Crippen molar-refractivity contribution in [3.8, 4) is 0 Å². The summed E-state index contributed by atoms with van der Waals surface area (Å²) in [4.78, 5) is 35.5. The maximum Gasteiger partial charge on any atom is 0.412 e. The SMILES string of the molecule is CC(=O)c1ccc(S(=O)(=O)N(C)CC(=O)Nc2ccc(F)c(NC(=O)OC(C)(C)C)c2)cc1. The number of hydrogen-bond donors (Lipinski definition) is 2. The van der Waals surface area contributed by atoms with Crippen LogP contribution in [0.5, 0.6) is 0 Å². The maximum atomic E-state index is 14.0. The molecule has 2 rings (SSSR count). The van der Waals surface area contributed by atoms with E-state index in [1.54, 1.807) is 20.8 Å². The first-order valence-electron chi connectivity index (χ1n) is 9.86. The third-order valence-corrected chi connectivity index (χ3v) is 6.04. The Morgan fingerprint density at radius 2 is 1.64 bits per heavy atom. The van der Waals surface area contributed by atoms with Gasteiger partial charge in [0, 0.05) is 18.3 Å². The molecule has 0 heterocycles. The van der Waals surface area contributed by atoms with Crippen LogP contribution < -0.4 is 10.6 Å². The predicted molar refractivity (Wildman–Crippen MR) is 121 cm³/mol. The summed E-state index contributed by atoms with van der Waals surface area (Å²) in [6, 6.07) is 8.85. The molecular weight excluding hydrogens is 453 g/mol. The number of rotatable bonds is 7. The minimum absolute atomic E-state index is 0.0755. The number of carbonyl (C=O) groups excluding carboxylic acids is 3. The molecule has 0 aliphatic heterocycles. The zero-order valence-electron chi connectivity index (χ0n) is 18.9. The van der Waals surface area contributed by atoms with Crippen LogP contribution >= 0.6 is 0 Å². The number of sulfonamides is 1. The third kappa shape index (κ3) is 7.36. The van der Waals surface area contributed by atoms with Crippen LogP contribution in [0.1, 0.15) is 38.1 Å². The summed E-state index contributed by atoms with van der Waals surface area (Å²) in [7, 11) is -2.76. The van der Waals surface area contributed by atoms with Gasteiger partial charge in [-0.3, -0.25) is 14.9 Å². The molecule has 0 aliphatic rings. The summed E-state index contributed by atoms with van der Waals surface area (Å²) in [6.45, 7) is 5.80. The van der Waals surface area contributed by atoms with Gasteiger partial charge in [-0.1, -0.05) is 12.1 Å². The van der Waals surface area contributed by atoms with E-state index in [0.717, 1.165) is 10.4 Å². The molecule has 9 nitrogen and oxygen atoms in total. The van der Waals surface area contributed by atoms with Crippen LogP contribution in [0.15, 0.2) is 47.4 Å². The minimum Gasteiger partial charge on any atom is -0.444 e. The molecule has 0 fully saturated rings. The van der Waals surface area contributed by atoms with Crippen molar-refractivity contribution in [3.63, 3.8) is 0 Å². The molecular formula is C22H26FN3O6S. The lowest BCUT2D eigenvalue weighted by Gasteiger charge is -2.20. The molecule has 0 unspecified atom stereocenters. The summed E-state index contributed by atoms with van der Waals surface area (Å²) in [5, 5.41) is 4.72. The highest BCUT2D eigenvalue weighted by molar-refractivity contribution is 7.89. The summed E-state index contributed by atoms with van der Waals surface area (Å²) < 4.78 is 45.3. The second-order valence-electron chi connectivity index (χ2n) is 8.21. The number of anilines is 2. The lowest BCUT2D eigenvalue weighted by atomic mass is 10.2. The Morgan fingerprint density at radius 3 is 2.18 bits per heavy atom. The fourth-order valence-corrected chi connectivity index (χ4v) is 3.77. The van der Waals surface area contributed by atoms with Gasteiger partial charge in [0.25, 0.3) is 0 Å². The van der Waals surface area contributed by atoms with E-state index in [1.807, 2.05) is 0 Å². The quantitative estimate of drug-likeness (QED) is 0.585. The zero-order valence-corrected chi connectivity index (χ0v) is 19.7. The van der Waals surface area contributed by atoms with Crippen LogP contribution in [0.25, 0.3) is 0 Å². The first-order chi connectivity index (χ1) is 15.2. The van der Waals surface area contributed by atoms with Gasteiger partial charge in [0.2, 0.25) is 15.9 Å². The van der Waals surface area contributed by atoms with Gasteiger partial charge in [-0.25, -0.2) is 17.6 Å². The van der Waals surface area contributed by atoms with Crippen LogP contribution in [0, 0.1) is 5.82 Å². The molecule has 0 saturated heterocycles.